The number of halogens is 3. The van der Waals surface area contributed by atoms with Crippen LogP contribution in [0.1, 0.15) is 11.1 Å². The first-order valence-corrected chi connectivity index (χ1v) is 5.85. The van der Waals surface area contributed by atoms with E-state index in [4.69, 9.17) is 15.7 Å². The van der Waals surface area contributed by atoms with Crippen LogP contribution < -0.4 is 10.5 Å². The van der Waals surface area contributed by atoms with E-state index in [2.05, 4.69) is 5.16 Å². The zero-order chi connectivity index (χ0) is 15.4. The van der Waals surface area contributed by atoms with Crippen molar-refractivity contribution in [2.24, 2.45) is 10.9 Å². The van der Waals surface area contributed by atoms with E-state index in [1.807, 2.05) is 0 Å². The third-order valence-electron chi connectivity index (χ3n) is 2.65. The molecule has 2 aromatic rings. The van der Waals surface area contributed by atoms with Crippen LogP contribution in [0.3, 0.4) is 0 Å². The minimum Gasteiger partial charge on any atom is -0.486 e. The summed E-state index contributed by atoms with van der Waals surface area (Å²) in [5.74, 6) is -2.57. The van der Waals surface area contributed by atoms with Gasteiger partial charge in [-0.1, -0.05) is 5.16 Å². The Morgan fingerprint density at radius 1 is 1.10 bits per heavy atom. The Morgan fingerprint density at radius 2 is 1.86 bits per heavy atom. The summed E-state index contributed by atoms with van der Waals surface area (Å²) in [5, 5.41) is 11.3. The van der Waals surface area contributed by atoms with E-state index in [-0.39, 0.29) is 23.8 Å². The predicted octanol–water partition coefficient (Wildman–Crippen LogP) is 2.78. The number of benzene rings is 2. The van der Waals surface area contributed by atoms with E-state index in [9.17, 15) is 13.2 Å². The van der Waals surface area contributed by atoms with Crippen molar-refractivity contribution < 1.29 is 23.1 Å². The Morgan fingerprint density at radius 3 is 2.57 bits per heavy atom. The molecule has 21 heavy (non-hydrogen) atoms. The van der Waals surface area contributed by atoms with Crippen LogP contribution in [0.15, 0.2) is 41.6 Å². The van der Waals surface area contributed by atoms with Crippen molar-refractivity contribution in [2.75, 3.05) is 0 Å². The Balaban J connectivity index is 2.20. The average molecular weight is 296 g/mol. The summed E-state index contributed by atoms with van der Waals surface area (Å²) in [5.41, 5.74) is 5.83. The first-order valence-electron chi connectivity index (χ1n) is 5.85. The van der Waals surface area contributed by atoms with Crippen LogP contribution in [0.4, 0.5) is 13.2 Å². The third kappa shape index (κ3) is 3.65. The van der Waals surface area contributed by atoms with E-state index < -0.39 is 17.5 Å². The minimum absolute atomic E-state index is 0.149. The van der Waals surface area contributed by atoms with Gasteiger partial charge in [-0.25, -0.2) is 13.2 Å². The Kier molecular flexibility index (Phi) is 4.32. The average Bonchev–Trinajstić information content (AvgIpc) is 2.46. The molecule has 0 aliphatic carbocycles. The largest absolute Gasteiger partial charge is 0.486 e. The van der Waals surface area contributed by atoms with Gasteiger partial charge in [-0.05, 0) is 35.9 Å². The smallest absolute Gasteiger partial charge is 0.170 e. The molecule has 0 aromatic heterocycles. The lowest BCUT2D eigenvalue weighted by atomic mass is 10.1. The molecule has 0 saturated heterocycles. The zero-order valence-corrected chi connectivity index (χ0v) is 10.7. The highest BCUT2D eigenvalue weighted by molar-refractivity contribution is 5.97. The summed E-state index contributed by atoms with van der Waals surface area (Å²) in [4.78, 5) is 0. The molecule has 4 nitrogen and oxygen atoms in total. The summed E-state index contributed by atoms with van der Waals surface area (Å²) in [7, 11) is 0. The van der Waals surface area contributed by atoms with Crippen LogP contribution in [-0.4, -0.2) is 11.0 Å². The zero-order valence-electron chi connectivity index (χ0n) is 10.7. The first-order chi connectivity index (χ1) is 9.99. The van der Waals surface area contributed by atoms with Crippen LogP contribution in [-0.2, 0) is 6.61 Å². The number of hydrogen-bond acceptors (Lipinski definition) is 3. The number of ether oxygens (including phenoxy) is 1. The van der Waals surface area contributed by atoms with Gasteiger partial charge in [0, 0.05) is 11.6 Å². The molecule has 110 valence electrons. The van der Waals surface area contributed by atoms with Crippen molar-refractivity contribution in [3.63, 3.8) is 0 Å². The molecule has 2 rings (SSSR count). The highest BCUT2D eigenvalue weighted by Crippen LogP contribution is 2.20. The van der Waals surface area contributed by atoms with Gasteiger partial charge in [0.25, 0.3) is 0 Å². The standard InChI is InChI=1S/C14H11F3N2O2/c15-10-1-2-12(17)13(6-10)21-7-8-3-9(14(18)19-20)5-11(16)4-8/h1-6,20H,7H2,(H2,18,19). The van der Waals surface area contributed by atoms with Gasteiger partial charge in [-0.2, -0.15) is 0 Å². The number of nitrogens with two attached hydrogens (primary N) is 1. The SMILES string of the molecule is N/C(=N/O)c1cc(F)cc(COc2cc(F)ccc2F)c1. The molecule has 3 N–H and O–H groups in total. The third-order valence-corrected chi connectivity index (χ3v) is 2.65. The van der Waals surface area contributed by atoms with Crippen LogP contribution in [0, 0.1) is 17.5 Å². The van der Waals surface area contributed by atoms with Gasteiger partial charge in [-0.15, -0.1) is 0 Å². The van der Waals surface area contributed by atoms with E-state index >= 15 is 0 Å². The topological polar surface area (TPSA) is 67.8 Å². The summed E-state index contributed by atoms with van der Waals surface area (Å²) < 4.78 is 44.9. The van der Waals surface area contributed by atoms with Gasteiger partial charge in [0.2, 0.25) is 0 Å². The molecule has 0 aliphatic heterocycles. The molecule has 0 bridgehead atoms. The van der Waals surface area contributed by atoms with Gasteiger partial charge >= 0.3 is 0 Å². The number of amidine groups is 1. The van der Waals surface area contributed by atoms with Crippen molar-refractivity contribution in [1.82, 2.24) is 0 Å². The predicted molar refractivity (Wildman–Crippen MR) is 69.6 cm³/mol. The van der Waals surface area contributed by atoms with Crippen molar-refractivity contribution in [3.05, 3.63) is 65.0 Å². The lowest BCUT2D eigenvalue weighted by molar-refractivity contribution is 0.288. The van der Waals surface area contributed by atoms with E-state index in [0.29, 0.717) is 5.56 Å². The number of rotatable bonds is 4. The number of nitrogens with zero attached hydrogens (tertiary/aromatic N) is 1. The highest BCUT2D eigenvalue weighted by Gasteiger charge is 2.08. The summed E-state index contributed by atoms with van der Waals surface area (Å²) >= 11 is 0. The van der Waals surface area contributed by atoms with E-state index in [0.717, 1.165) is 30.3 Å². The first kappa shape index (κ1) is 14.7. The highest BCUT2D eigenvalue weighted by atomic mass is 19.1. The van der Waals surface area contributed by atoms with Gasteiger partial charge in [0.05, 0.1) is 0 Å². The Hall–Kier alpha value is -2.70. The van der Waals surface area contributed by atoms with Crippen LogP contribution >= 0.6 is 0 Å². The second-order valence-electron chi connectivity index (χ2n) is 4.20. The molecule has 2 aromatic carbocycles. The van der Waals surface area contributed by atoms with Crippen LogP contribution in [0.25, 0.3) is 0 Å². The molecule has 0 unspecified atom stereocenters. The van der Waals surface area contributed by atoms with Crippen LogP contribution in [0.2, 0.25) is 0 Å². The van der Waals surface area contributed by atoms with Crippen molar-refractivity contribution >= 4 is 5.84 Å². The van der Waals surface area contributed by atoms with Crippen molar-refractivity contribution in [2.45, 2.75) is 6.61 Å². The molecular formula is C14H11F3N2O2. The molecule has 0 atom stereocenters. The van der Waals surface area contributed by atoms with E-state index in [1.165, 1.54) is 6.07 Å². The maximum atomic E-state index is 13.4. The molecule has 0 heterocycles. The second-order valence-corrected chi connectivity index (χ2v) is 4.20. The molecule has 7 heteroatoms. The Labute approximate surface area is 118 Å². The van der Waals surface area contributed by atoms with Crippen LogP contribution in [0.5, 0.6) is 5.75 Å². The molecule has 0 aliphatic rings. The normalized spacial score (nSPS) is 11.5. The molecule has 0 radical (unpaired) electrons. The number of hydrogen-bond donors (Lipinski definition) is 2. The summed E-state index contributed by atoms with van der Waals surface area (Å²) in [6.45, 7) is -0.205. The fraction of sp³-hybridized carbons (Fsp3) is 0.0714. The maximum absolute atomic E-state index is 13.4. The van der Waals surface area contributed by atoms with Gasteiger partial charge in [0.15, 0.2) is 17.4 Å². The molecule has 0 fully saturated rings. The monoisotopic (exact) mass is 296 g/mol. The van der Waals surface area contributed by atoms with Gasteiger partial charge < -0.3 is 15.7 Å². The molecular weight excluding hydrogens is 285 g/mol. The van der Waals surface area contributed by atoms with Crippen molar-refractivity contribution in [3.8, 4) is 5.75 Å². The fourth-order valence-corrected chi connectivity index (χ4v) is 1.69. The molecule has 0 amide bonds. The minimum atomic E-state index is -0.732. The lowest BCUT2D eigenvalue weighted by Crippen LogP contribution is -2.14. The second kappa shape index (κ2) is 6.17. The molecule has 0 spiro atoms. The Bertz CT molecular complexity index is 690. The fourth-order valence-electron chi connectivity index (χ4n) is 1.69. The summed E-state index contributed by atoms with van der Waals surface area (Å²) in [6, 6.07) is 6.40. The number of oxime groups is 1. The van der Waals surface area contributed by atoms with Gasteiger partial charge in [0.1, 0.15) is 18.2 Å². The van der Waals surface area contributed by atoms with E-state index in [1.54, 1.807) is 0 Å². The van der Waals surface area contributed by atoms with Crippen molar-refractivity contribution in [1.29, 1.82) is 0 Å². The maximum Gasteiger partial charge on any atom is 0.170 e. The summed E-state index contributed by atoms with van der Waals surface area (Å²) in [6.07, 6.45) is 0. The quantitative estimate of drug-likeness (QED) is 0.394. The molecule has 0 saturated carbocycles. The van der Waals surface area contributed by atoms with Gasteiger partial charge in [-0.3, -0.25) is 0 Å². The lowest BCUT2D eigenvalue weighted by Gasteiger charge is -2.09.